The van der Waals surface area contributed by atoms with Gasteiger partial charge in [-0.15, -0.1) is 0 Å². The molecule has 3 atom stereocenters. The van der Waals surface area contributed by atoms with Crippen LogP contribution in [0.2, 0.25) is 0 Å². The second-order valence-electron chi connectivity index (χ2n) is 10.5. The molecule has 4 rings (SSSR count). The lowest BCUT2D eigenvalue weighted by Crippen LogP contribution is -2.41. The molecule has 1 N–H and O–H groups in total. The van der Waals surface area contributed by atoms with Crippen LogP contribution >= 0.6 is 0 Å². The van der Waals surface area contributed by atoms with Gasteiger partial charge in [0, 0.05) is 36.7 Å². The highest BCUT2D eigenvalue weighted by Gasteiger charge is 2.31. The summed E-state index contributed by atoms with van der Waals surface area (Å²) in [6, 6.07) is 9.34. The first kappa shape index (κ1) is 29.4. The minimum absolute atomic E-state index is 0.0420. The van der Waals surface area contributed by atoms with E-state index in [9.17, 15) is 23.1 Å². The number of hydrogen-bond donors (Lipinski definition) is 1. The predicted octanol–water partition coefficient (Wildman–Crippen LogP) is 5.51. The highest BCUT2D eigenvalue weighted by atomic mass is 19.2. The fraction of sp³-hybridized carbons (Fsp3) is 0.419. The molecule has 9 heteroatoms. The molecule has 1 saturated heterocycles. The lowest BCUT2D eigenvalue weighted by Gasteiger charge is -2.38. The summed E-state index contributed by atoms with van der Waals surface area (Å²) >= 11 is 0. The zero-order valence-electron chi connectivity index (χ0n) is 23.0. The second kappa shape index (κ2) is 13.2. The largest absolute Gasteiger partial charge is 0.497 e. The number of likely N-dealkylation sites (tertiary alicyclic amines) is 1. The molecule has 1 unspecified atom stereocenters. The van der Waals surface area contributed by atoms with E-state index in [4.69, 9.17) is 4.74 Å². The Morgan fingerprint density at radius 1 is 1.20 bits per heavy atom. The van der Waals surface area contributed by atoms with Crippen molar-refractivity contribution in [1.82, 2.24) is 14.8 Å². The molecule has 1 fully saturated rings. The Hall–Kier alpha value is -3.61. The molecule has 6 nitrogen and oxygen atoms in total. The normalized spacial score (nSPS) is 18.4. The number of fused-ring (bicyclic) bond motifs is 1. The molecule has 0 spiro atoms. The highest BCUT2D eigenvalue weighted by molar-refractivity contribution is 5.84. The van der Waals surface area contributed by atoms with Crippen LogP contribution in [0.15, 0.2) is 42.6 Å². The fourth-order valence-corrected chi connectivity index (χ4v) is 5.66. The van der Waals surface area contributed by atoms with E-state index in [0.29, 0.717) is 19.2 Å². The Kier molecular flexibility index (Phi) is 9.67. The first-order chi connectivity index (χ1) is 19.2. The summed E-state index contributed by atoms with van der Waals surface area (Å²) in [5.41, 5.74) is 1.71. The average Bonchev–Trinajstić information content (AvgIpc) is 2.91. The summed E-state index contributed by atoms with van der Waals surface area (Å²) < 4.78 is 46.3. The third-order valence-corrected chi connectivity index (χ3v) is 7.71. The molecule has 1 aliphatic rings. The van der Waals surface area contributed by atoms with Crippen LogP contribution in [-0.4, -0.2) is 66.7 Å². The third-order valence-electron chi connectivity index (χ3n) is 7.71. The molecule has 0 saturated carbocycles. The smallest absolute Gasteiger partial charge is 0.303 e. The second-order valence-corrected chi connectivity index (χ2v) is 10.5. The summed E-state index contributed by atoms with van der Waals surface area (Å²) in [6.45, 7) is 1.50. The van der Waals surface area contributed by atoms with E-state index in [0.717, 1.165) is 47.5 Å². The van der Waals surface area contributed by atoms with Crippen molar-refractivity contribution in [3.8, 4) is 17.6 Å². The average molecular weight is 554 g/mol. The molecule has 2 heterocycles. The Morgan fingerprint density at radius 3 is 2.73 bits per heavy atom. The number of piperidine rings is 1. The number of methoxy groups -OCH3 is 1. The van der Waals surface area contributed by atoms with E-state index in [1.807, 2.05) is 49.5 Å². The van der Waals surface area contributed by atoms with Gasteiger partial charge in [0.1, 0.15) is 11.6 Å². The number of ether oxygens (including phenoxy) is 1. The van der Waals surface area contributed by atoms with Crippen LogP contribution in [0.5, 0.6) is 5.75 Å². The molecule has 40 heavy (non-hydrogen) atoms. The number of carboxylic acid groups (broad SMARTS) is 1. The van der Waals surface area contributed by atoms with Gasteiger partial charge in [0.15, 0.2) is 11.6 Å². The molecule has 0 radical (unpaired) electrons. The van der Waals surface area contributed by atoms with Crippen LogP contribution in [0.25, 0.3) is 10.9 Å². The quantitative estimate of drug-likeness (QED) is 0.279. The number of pyridine rings is 1. The number of carbonyl (C=O) groups is 1. The number of nitrogens with zero attached hydrogens (tertiary/aromatic N) is 3. The molecular formula is C31H34F3N3O3. The van der Waals surface area contributed by atoms with Crippen molar-refractivity contribution in [2.75, 3.05) is 40.8 Å². The number of carboxylic acids is 1. The zero-order chi connectivity index (χ0) is 28.8. The van der Waals surface area contributed by atoms with E-state index in [1.165, 1.54) is 0 Å². The van der Waals surface area contributed by atoms with Crippen LogP contribution in [0.1, 0.15) is 42.9 Å². The number of aromatic nitrogens is 1. The monoisotopic (exact) mass is 553 g/mol. The van der Waals surface area contributed by atoms with Crippen LogP contribution in [0.3, 0.4) is 0 Å². The third kappa shape index (κ3) is 7.12. The maximum atomic E-state index is 13.9. The van der Waals surface area contributed by atoms with E-state index in [1.54, 1.807) is 7.11 Å². The minimum atomic E-state index is -1.28. The summed E-state index contributed by atoms with van der Waals surface area (Å²) in [6.07, 6.45) is 4.35. The van der Waals surface area contributed by atoms with Gasteiger partial charge >= 0.3 is 5.97 Å². The first-order valence-corrected chi connectivity index (χ1v) is 13.3. The molecule has 0 bridgehead atoms. The van der Waals surface area contributed by atoms with Gasteiger partial charge in [-0.3, -0.25) is 14.7 Å². The van der Waals surface area contributed by atoms with Crippen molar-refractivity contribution >= 4 is 16.9 Å². The maximum absolute atomic E-state index is 13.9. The van der Waals surface area contributed by atoms with E-state index in [-0.39, 0.29) is 36.4 Å². The molecule has 0 amide bonds. The van der Waals surface area contributed by atoms with Crippen molar-refractivity contribution in [3.63, 3.8) is 0 Å². The summed E-state index contributed by atoms with van der Waals surface area (Å²) in [7, 11) is 5.72. The van der Waals surface area contributed by atoms with E-state index >= 15 is 0 Å². The zero-order valence-corrected chi connectivity index (χ0v) is 23.0. The molecule has 3 aromatic rings. The Morgan fingerprint density at radius 2 is 2.00 bits per heavy atom. The molecule has 212 valence electrons. The van der Waals surface area contributed by atoms with E-state index in [2.05, 4.69) is 21.7 Å². The van der Waals surface area contributed by atoms with Crippen molar-refractivity contribution < 1.29 is 27.8 Å². The number of benzene rings is 2. The van der Waals surface area contributed by atoms with Gasteiger partial charge in [-0.1, -0.05) is 11.8 Å². The number of rotatable bonds is 9. The standard InChI is InChI=1S/C31H34F3N3O3/c1-36(2)29(25-10-12-35-28-8-7-24(40-3)18-26(25)28)9-6-20-11-14-37(19-22(20)16-30(38)39)13-4-5-21-15-23(32)17-27(33)31(21)34/h7-8,10,12,15,17-18,20,22,29H,6,9,11,13-14,16,19H2,1-3H3,(H,38,39)/t20-,22+,29?/m1/s1. The summed E-state index contributed by atoms with van der Waals surface area (Å²) in [4.78, 5) is 20.4. The van der Waals surface area contributed by atoms with Gasteiger partial charge < -0.3 is 14.7 Å². The fourth-order valence-electron chi connectivity index (χ4n) is 5.66. The van der Waals surface area contributed by atoms with Crippen LogP contribution < -0.4 is 4.74 Å². The van der Waals surface area contributed by atoms with Crippen molar-refractivity contribution in [3.05, 3.63) is 71.2 Å². The lowest BCUT2D eigenvalue weighted by molar-refractivity contribution is -0.139. The Bertz CT molecular complexity index is 1420. The van der Waals surface area contributed by atoms with Crippen LogP contribution in [-0.2, 0) is 4.79 Å². The maximum Gasteiger partial charge on any atom is 0.303 e. The summed E-state index contributed by atoms with van der Waals surface area (Å²) in [5, 5.41) is 10.6. The number of aliphatic carboxylic acids is 1. The predicted molar refractivity (Wildman–Crippen MR) is 147 cm³/mol. The van der Waals surface area contributed by atoms with E-state index < -0.39 is 23.4 Å². The molecule has 0 aliphatic carbocycles. The van der Waals surface area contributed by atoms with Crippen molar-refractivity contribution in [1.29, 1.82) is 0 Å². The van der Waals surface area contributed by atoms with Gasteiger partial charge in [-0.05, 0) is 87.6 Å². The van der Waals surface area contributed by atoms with Gasteiger partial charge in [0.25, 0.3) is 0 Å². The van der Waals surface area contributed by atoms with Gasteiger partial charge in [0.2, 0.25) is 0 Å². The van der Waals surface area contributed by atoms with Gasteiger partial charge in [-0.2, -0.15) is 0 Å². The van der Waals surface area contributed by atoms with Gasteiger partial charge in [0.05, 0.1) is 24.7 Å². The van der Waals surface area contributed by atoms with Crippen molar-refractivity contribution in [2.24, 2.45) is 11.8 Å². The minimum Gasteiger partial charge on any atom is -0.497 e. The van der Waals surface area contributed by atoms with Crippen molar-refractivity contribution in [2.45, 2.75) is 31.7 Å². The number of halogens is 3. The number of hydrogen-bond acceptors (Lipinski definition) is 5. The lowest BCUT2D eigenvalue weighted by atomic mass is 9.79. The highest BCUT2D eigenvalue weighted by Crippen LogP contribution is 2.36. The topological polar surface area (TPSA) is 65.9 Å². The Labute approximate surface area is 232 Å². The van der Waals surface area contributed by atoms with Gasteiger partial charge in [-0.25, -0.2) is 13.2 Å². The summed E-state index contributed by atoms with van der Waals surface area (Å²) in [5.74, 6) is 2.03. The SMILES string of the molecule is COc1ccc2nccc(C(CC[C@@H]3CCN(CC#Cc4cc(F)cc(F)c4F)C[C@@H]3CC(=O)O)N(C)C)c2c1. The molecule has 1 aromatic heterocycles. The molecule has 1 aliphatic heterocycles. The molecule has 2 aromatic carbocycles. The first-order valence-electron chi connectivity index (χ1n) is 13.3. The Balaban J connectivity index is 1.46. The molecular weight excluding hydrogens is 519 g/mol. The van der Waals surface area contributed by atoms with Crippen LogP contribution in [0, 0.1) is 41.1 Å². The van der Waals surface area contributed by atoms with Crippen LogP contribution in [0.4, 0.5) is 13.2 Å².